The Kier molecular flexibility index (Phi) is 5.74. The van der Waals surface area contributed by atoms with Crippen molar-refractivity contribution in [2.24, 2.45) is 0 Å². The average molecular weight is 335 g/mol. The lowest BCUT2D eigenvalue weighted by molar-refractivity contribution is -0.134. The highest BCUT2D eigenvalue weighted by molar-refractivity contribution is 8.25. The smallest absolute Gasteiger partial charge is 0.341 e. The molecule has 0 aliphatic carbocycles. The number of aliphatic carboxylic acids is 1. The lowest BCUT2D eigenvalue weighted by Crippen LogP contribution is -2.11. The third-order valence-corrected chi connectivity index (χ3v) is 5.74. The number of thioether (sulfide) groups is 2. The Morgan fingerprint density at radius 2 is 1.91 bits per heavy atom. The van der Waals surface area contributed by atoms with Gasteiger partial charge in [-0.15, -0.1) is 23.5 Å². The second-order valence-corrected chi connectivity index (χ2v) is 7.32. The first kappa shape index (κ1) is 16.7. The van der Waals surface area contributed by atoms with E-state index >= 15 is 0 Å². The highest BCUT2D eigenvalue weighted by atomic mass is 32.2. The molecule has 1 aromatic rings. The van der Waals surface area contributed by atoms with Crippen molar-refractivity contribution in [3.05, 3.63) is 45.7 Å². The molecule has 0 spiro atoms. The predicted molar refractivity (Wildman–Crippen MR) is 94.4 cm³/mol. The number of hydrogen-bond donors (Lipinski definition) is 1. The highest BCUT2D eigenvalue weighted by Gasteiger charge is 2.24. The highest BCUT2D eigenvalue weighted by Crippen LogP contribution is 2.39. The number of hydrogen-bond acceptors (Lipinski definition) is 5. The number of carboxylic acids is 1. The summed E-state index contributed by atoms with van der Waals surface area (Å²) in [6.45, 7) is 0. The molecule has 1 aromatic carbocycles. The van der Waals surface area contributed by atoms with Crippen LogP contribution in [0.5, 0.6) is 0 Å². The number of ketones is 1. The van der Waals surface area contributed by atoms with Gasteiger partial charge in [0, 0.05) is 31.3 Å². The third kappa shape index (κ3) is 4.18. The van der Waals surface area contributed by atoms with Crippen molar-refractivity contribution in [2.75, 3.05) is 30.5 Å². The minimum Gasteiger partial charge on any atom is -0.477 e. The summed E-state index contributed by atoms with van der Waals surface area (Å²) in [4.78, 5) is 25.5. The van der Waals surface area contributed by atoms with Gasteiger partial charge < -0.3 is 10.0 Å². The maximum absolute atomic E-state index is 12.2. The van der Waals surface area contributed by atoms with Crippen LogP contribution in [0, 0.1) is 0 Å². The quantitative estimate of drug-likeness (QED) is 0.507. The van der Waals surface area contributed by atoms with Gasteiger partial charge in [0.15, 0.2) is 5.78 Å². The van der Waals surface area contributed by atoms with E-state index in [4.69, 9.17) is 0 Å². The zero-order valence-corrected chi connectivity index (χ0v) is 14.0. The number of carboxylic acid groups (broad SMARTS) is 1. The van der Waals surface area contributed by atoms with Crippen LogP contribution >= 0.6 is 23.5 Å². The summed E-state index contributed by atoms with van der Waals surface area (Å²) in [5.74, 6) is 0.0744. The first-order valence-corrected chi connectivity index (χ1v) is 8.69. The Labute approximate surface area is 138 Å². The van der Waals surface area contributed by atoms with Gasteiger partial charge in [-0.3, -0.25) is 4.79 Å². The van der Waals surface area contributed by atoms with Crippen molar-refractivity contribution in [3.8, 4) is 0 Å². The van der Waals surface area contributed by atoms with E-state index in [-0.39, 0.29) is 5.57 Å². The zero-order chi connectivity index (χ0) is 16.1. The molecule has 0 saturated carbocycles. The maximum atomic E-state index is 12.2. The summed E-state index contributed by atoms with van der Waals surface area (Å²) in [7, 11) is 3.88. The number of nitrogens with zero attached hydrogens (tertiary/aromatic N) is 1. The van der Waals surface area contributed by atoms with Crippen LogP contribution in [0.15, 0.2) is 40.2 Å². The fraction of sp³-hybridized carbons (Fsp3) is 0.250. The second kappa shape index (κ2) is 7.56. The van der Waals surface area contributed by atoms with Crippen LogP contribution in [0.3, 0.4) is 0 Å². The Hall–Kier alpha value is -1.66. The fourth-order valence-corrected chi connectivity index (χ4v) is 4.45. The van der Waals surface area contributed by atoms with Gasteiger partial charge in [0.2, 0.25) is 0 Å². The summed E-state index contributed by atoms with van der Waals surface area (Å²) in [5, 5.41) is 9.27. The third-order valence-electron chi connectivity index (χ3n) is 3.03. The summed E-state index contributed by atoms with van der Waals surface area (Å²) in [5.41, 5.74) is 1.77. The van der Waals surface area contributed by atoms with Gasteiger partial charge in [-0.25, -0.2) is 4.79 Å². The molecule has 1 heterocycles. The summed E-state index contributed by atoms with van der Waals surface area (Å²) < 4.78 is 0.615. The fourth-order valence-electron chi connectivity index (χ4n) is 1.91. The molecule has 116 valence electrons. The lowest BCUT2D eigenvalue weighted by atomic mass is 10.1. The molecule has 2 rings (SSSR count). The van der Waals surface area contributed by atoms with Crippen molar-refractivity contribution in [1.29, 1.82) is 0 Å². The second-order valence-electron chi connectivity index (χ2n) is 4.85. The Morgan fingerprint density at radius 1 is 1.23 bits per heavy atom. The van der Waals surface area contributed by atoms with Crippen LogP contribution in [0.25, 0.3) is 6.08 Å². The van der Waals surface area contributed by atoms with Crippen molar-refractivity contribution >= 4 is 47.0 Å². The van der Waals surface area contributed by atoms with Gasteiger partial charge >= 0.3 is 5.97 Å². The van der Waals surface area contributed by atoms with Crippen molar-refractivity contribution < 1.29 is 14.7 Å². The van der Waals surface area contributed by atoms with Gasteiger partial charge in [-0.2, -0.15) is 0 Å². The first-order chi connectivity index (χ1) is 10.5. The average Bonchev–Trinajstić information content (AvgIpc) is 2.99. The van der Waals surface area contributed by atoms with Crippen LogP contribution in [0.4, 0.5) is 5.69 Å². The summed E-state index contributed by atoms with van der Waals surface area (Å²) >= 11 is 2.87. The van der Waals surface area contributed by atoms with E-state index in [1.165, 1.54) is 29.6 Å². The van der Waals surface area contributed by atoms with Gasteiger partial charge in [0.25, 0.3) is 0 Å². The van der Waals surface area contributed by atoms with E-state index < -0.39 is 11.8 Å². The van der Waals surface area contributed by atoms with Crippen molar-refractivity contribution in [3.63, 3.8) is 0 Å². The minimum atomic E-state index is -1.16. The lowest BCUT2D eigenvalue weighted by Gasteiger charge is -2.12. The molecule has 0 aromatic heterocycles. The first-order valence-electron chi connectivity index (χ1n) is 6.72. The minimum absolute atomic E-state index is 0.118. The number of anilines is 1. The molecule has 0 unspecified atom stereocenters. The summed E-state index contributed by atoms with van der Waals surface area (Å²) in [6.07, 6.45) is 2.99. The van der Waals surface area contributed by atoms with Gasteiger partial charge in [-0.1, -0.05) is 18.2 Å². The molecule has 1 aliphatic heterocycles. The standard InChI is InChI=1S/C16H17NO3S2/c1-17(2)12-5-3-4-11(10-12)6-7-13(18)14(15(19)20)16-21-8-9-22-16/h3-7,10H,8-9H2,1-2H3,(H,19,20)/b7-6+. The van der Waals surface area contributed by atoms with E-state index in [1.54, 1.807) is 6.08 Å². The van der Waals surface area contributed by atoms with E-state index in [2.05, 4.69) is 0 Å². The van der Waals surface area contributed by atoms with Crippen LogP contribution in [-0.2, 0) is 9.59 Å². The molecule has 0 bridgehead atoms. The number of rotatable bonds is 5. The molecule has 4 nitrogen and oxygen atoms in total. The monoisotopic (exact) mass is 335 g/mol. The van der Waals surface area contributed by atoms with Gasteiger partial charge in [0.05, 0.1) is 4.24 Å². The van der Waals surface area contributed by atoms with Crippen molar-refractivity contribution in [1.82, 2.24) is 0 Å². The normalized spacial score (nSPS) is 14.4. The maximum Gasteiger partial charge on any atom is 0.341 e. The molecule has 1 fully saturated rings. The zero-order valence-electron chi connectivity index (χ0n) is 12.4. The largest absolute Gasteiger partial charge is 0.477 e. The summed E-state index contributed by atoms with van der Waals surface area (Å²) in [6, 6.07) is 7.69. The van der Waals surface area contributed by atoms with Crippen LogP contribution in [0.2, 0.25) is 0 Å². The molecule has 22 heavy (non-hydrogen) atoms. The Bertz CT molecular complexity index is 643. The Balaban J connectivity index is 2.21. The predicted octanol–water partition coefficient (Wildman–Crippen LogP) is 3.11. The number of allylic oxidation sites excluding steroid dienone is 1. The van der Waals surface area contributed by atoms with Gasteiger partial charge in [-0.05, 0) is 23.8 Å². The van der Waals surface area contributed by atoms with Crippen LogP contribution in [-0.4, -0.2) is 42.5 Å². The number of carbonyl (C=O) groups excluding carboxylic acids is 1. The van der Waals surface area contributed by atoms with Gasteiger partial charge in [0.1, 0.15) is 5.57 Å². The molecule has 1 aliphatic rings. The van der Waals surface area contributed by atoms with E-state index in [1.807, 2.05) is 43.3 Å². The van der Waals surface area contributed by atoms with Crippen molar-refractivity contribution in [2.45, 2.75) is 0 Å². The SMILES string of the molecule is CN(C)c1cccc(/C=C/C(=O)C(C(=O)O)=C2SCCS2)c1. The molecular weight excluding hydrogens is 318 g/mol. The van der Waals surface area contributed by atoms with E-state index in [9.17, 15) is 14.7 Å². The van der Waals surface area contributed by atoms with E-state index in [0.29, 0.717) is 4.24 Å². The molecule has 0 amide bonds. The molecule has 1 N–H and O–H groups in total. The number of benzene rings is 1. The topological polar surface area (TPSA) is 57.6 Å². The molecule has 6 heteroatoms. The molecule has 0 radical (unpaired) electrons. The molecule has 0 atom stereocenters. The van der Waals surface area contributed by atoms with Crippen LogP contribution < -0.4 is 4.90 Å². The Morgan fingerprint density at radius 3 is 2.50 bits per heavy atom. The van der Waals surface area contributed by atoms with Crippen LogP contribution in [0.1, 0.15) is 5.56 Å². The molecular formula is C16H17NO3S2. The van der Waals surface area contributed by atoms with E-state index in [0.717, 1.165) is 22.8 Å². The number of carbonyl (C=O) groups is 2. The molecule has 1 saturated heterocycles.